The molecule has 0 aliphatic carbocycles. The minimum atomic E-state index is -1.15. The Morgan fingerprint density at radius 1 is 1.18 bits per heavy atom. The number of carbonyl (C=O) groups is 1. The molecule has 0 atom stereocenters. The fraction of sp³-hybridized carbons (Fsp3) is 0.0625. The van der Waals surface area contributed by atoms with Crippen LogP contribution in [0.15, 0.2) is 53.0 Å². The van der Waals surface area contributed by atoms with Gasteiger partial charge in [-0.2, -0.15) is 0 Å². The summed E-state index contributed by atoms with van der Waals surface area (Å²) in [6.45, 7) is 1.97. The first kappa shape index (κ1) is 14.5. The molecule has 22 heavy (non-hydrogen) atoms. The summed E-state index contributed by atoms with van der Waals surface area (Å²) < 4.78 is 2.48. The third kappa shape index (κ3) is 2.78. The van der Waals surface area contributed by atoms with Crippen LogP contribution < -0.4 is 0 Å². The normalized spacial score (nSPS) is 10.6. The molecule has 2 aromatic carbocycles. The summed E-state index contributed by atoms with van der Waals surface area (Å²) in [5.74, 6) is -0.868. The number of carboxylic acid groups (broad SMARTS) is 1. The lowest BCUT2D eigenvalue weighted by Gasteiger charge is -2.06. The molecular formula is C16H12BrN3O2. The summed E-state index contributed by atoms with van der Waals surface area (Å²) in [5, 5.41) is 13.3. The quantitative estimate of drug-likeness (QED) is 0.775. The van der Waals surface area contributed by atoms with Gasteiger partial charge in [-0.05, 0) is 37.3 Å². The topological polar surface area (TPSA) is 68.0 Å². The first-order valence-electron chi connectivity index (χ1n) is 6.58. The van der Waals surface area contributed by atoms with E-state index >= 15 is 0 Å². The summed E-state index contributed by atoms with van der Waals surface area (Å²) in [5.41, 5.74) is 2.64. The zero-order chi connectivity index (χ0) is 15.7. The number of aromatic nitrogens is 3. The van der Waals surface area contributed by atoms with E-state index in [-0.39, 0.29) is 5.82 Å². The van der Waals surface area contributed by atoms with E-state index in [4.69, 9.17) is 5.11 Å². The van der Waals surface area contributed by atoms with E-state index in [2.05, 4.69) is 26.0 Å². The molecule has 0 spiro atoms. The van der Waals surface area contributed by atoms with E-state index in [0.29, 0.717) is 5.82 Å². The number of carboxylic acids is 1. The van der Waals surface area contributed by atoms with Gasteiger partial charge in [0.15, 0.2) is 5.82 Å². The maximum atomic E-state index is 11.2. The van der Waals surface area contributed by atoms with Gasteiger partial charge < -0.3 is 5.11 Å². The Morgan fingerprint density at radius 2 is 1.91 bits per heavy atom. The Morgan fingerprint density at radius 3 is 2.55 bits per heavy atom. The summed E-state index contributed by atoms with van der Waals surface area (Å²) in [7, 11) is 0. The average molecular weight is 358 g/mol. The Hall–Kier alpha value is -2.47. The molecule has 0 saturated heterocycles. The van der Waals surface area contributed by atoms with Crippen LogP contribution >= 0.6 is 15.9 Å². The van der Waals surface area contributed by atoms with Gasteiger partial charge in [-0.1, -0.05) is 39.7 Å². The Balaban J connectivity index is 2.20. The Bertz CT molecular complexity index is 841. The monoisotopic (exact) mass is 357 g/mol. The molecule has 6 heteroatoms. The maximum Gasteiger partial charge on any atom is 0.375 e. The number of nitrogens with zero attached hydrogens (tertiary/aromatic N) is 3. The molecule has 3 aromatic rings. The van der Waals surface area contributed by atoms with Crippen LogP contribution in [0.4, 0.5) is 0 Å². The van der Waals surface area contributed by atoms with Crippen LogP contribution in [0.2, 0.25) is 0 Å². The van der Waals surface area contributed by atoms with Gasteiger partial charge in [-0.25, -0.2) is 14.5 Å². The number of benzene rings is 2. The molecule has 0 radical (unpaired) electrons. The molecule has 1 N–H and O–H groups in total. The fourth-order valence-corrected chi connectivity index (χ4v) is 2.40. The lowest BCUT2D eigenvalue weighted by Crippen LogP contribution is -2.02. The maximum absolute atomic E-state index is 11.2. The number of hydrogen-bond donors (Lipinski definition) is 1. The van der Waals surface area contributed by atoms with Crippen LogP contribution in [0.5, 0.6) is 0 Å². The van der Waals surface area contributed by atoms with Gasteiger partial charge >= 0.3 is 5.97 Å². The molecule has 110 valence electrons. The lowest BCUT2D eigenvalue weighted by molar-refractivity contribution is 0.0683. The van der Waals surface area contributed by atoms with Crippen LogP contribution in [0.3, 0.4) is 0 Å². The van der Waals surface area contributed by atoms with E-state index < -0.39 is 5.97 Å². The van der Waals surface area contributed by atoms with Crippen molar-refractivity contribution in [1.29, 1.82) is 0 Å². The van der Waals surface area contributed by atoms with Crippen molar-refractivity contribution >= 4 is 21.9 Å². The third-order valence-electron chi connectivity index (χ3n) is 3.15. The first-order chi connectivity index (χ1) is 10.5. The smallest absolute Gasteiger partial charge is 0.375 e. The second-order valence-electron chi connectivity index (χ2n) is 4.82. The van der Waals surface area contributed by atoms with Crippen LogP contribution in [-0.4, -0.2) is 25.8 Å². The van der Waals surface area contributed by atoms with E-state index in [1.165, 1.54) is 0 Å². The van der Waals surface area contributed by atoms with Gasteiger partial charge in [0.05, 0.1) is 5.69 Å². The zero-order valence-corrected chi connectivity index (χ0v) is 13.3. The summed E-state index contributed by atoms with van der Waals surface area (Å²) in [6, 6.07) is 15.2. The summed E-state index contributed by atoms with van der Waals surface area (Å²) >= 11 is 3.38. The number of aryl methyl sites for hydroxylation is 1. The van der Waals surface area contributed by atoms with Crippen molar-refractivity contribution in [2.45, 2.75) is 6.92 Å². The number of aromatic carboxylic acids is 1. The van der Waals surface area contributed by atoms with Gasteiger partial charge in [0, 0.05) is 10.0 Å². The predicted octanol–water partition coefficient (Wildman–Crippen LogP) is 3.70. The van der Waals surface area contributed by atoms with Crippen LogP contribution in [0.1, 0.15) is 16.2 Å². The van der Waals surface area contributed by atoms with Crippen molar-refractivity contribution in [2.75, 3.05) is 0 Å². The van der Waals surface area contributed by atoms with Crippen molar-refractivity contribution in [1.82, 2.24) is 14.8 Å². The van der Waals surface area contributed by atoms with Crippen LogP contribution in [-0.2, 0) is 0 Å². The molecule has 3 rings (SSSR count). The predicted molar refractivity (Wildman–Crippen MR) is 86.2 cm³/mol. The molecule has 1 aromatic heterocycles. The van der Waals surface area contributed by atoms with Crippen molar-refractivity contribution < 1.29 is 9.90 Å². The van der Waals surface area contributed by atoms with Crippen molar-refractivity contribution in [3.8, 4) is 17.1 Å². The first-order valence-corrected chi connectivity index (χ1v) is 7.37. The van der Waals surface area contributed by atoms with Crippen molar-refractivity contribution in [3.63, 3.8) is 0 Å². The molecule has 5 nitrogen and oxygen atoms in total. The average Bonchev–Trinajstić information content (AvgIpc) is 2.93. The Labute approximate surface area is 135 Å². The summed E-state index contributed by atoms with van der Waals surface area (Å²) in [6.07, 6.45) is 0. The van der Waals surface area contributed by atoms with Crippen LogP contribution in [0.25, 0.3) is 17.1 Å². The van der Waals surface area contributed by atoms with Gasteiger partial charge in [0.2, 0.25) is 0 Å². The second-order valence-corrected chi connectivity index (χ2v) is 5.74. The molecule has 0 unspecified atom stereocenters. The standard InChI is InChI=1S/C16H12BrN3O2/c1-10-3-2-4-11(9-10)15-18-14(16(21)22)19-20(15)13-7-5-12(17)6-8-13/h2-9H,1H3,(H,21,22). The minimum absolute atomic E-state index is 0.223. The molecule has 0 fully saturated rings. The minimum Gasteiger partial charge on any atom is -0.475 e. The van der Waals surface area contributed by atoms with E-state index in [0.717, 1.165) is 21.3 Å². The Kier molecular flexibility index (Phi) is 3.77. The molecule has 0 aliphatic heterocycles. The fourth-order valence-electron chi connectivity index (χ4n) is 2.14. The molecule has 0 aliphatic rings. The summed E-state index contributed by atoms with van der Waals surface area (Å²) in [4.78, 5) is 15.4. The highest BCUT2D eigenvalue weighted by Gasteiger charge is 2.17. The molecule has 0 saturated carbocycles. The van der Waals surface area contributed by atoms with Gasteiger partial charge in [0.25, 0.3) is 5.82 Å². The second kappa shape index (κ2) is 5.73. The number of halogens is 1. The van der Waals surface area contributed by atoms with Crippen molar-refractivity contribution in [2.24, 2.45) is 0 Å². The van der Waals surface area contributed by atoms with Gasteiger partial charge in [-0.15, -0.1) is 5.10 Å². The molecular weight excluding hydrogens is 346 g/mol. The van der Waals surface area contributed by atoms with E-state index in [1.807, 2.05) is 55.5 Å². The third-order valence-corrected chi connectivity index (χ3v) is 3.67. The van der Waals surface area contributed by atoms with Crippen molar-refractivity contribution in [3.05, 3.63) is 64.4 Å². The molecule has 0 amide bonds. The SMILES string of the molecule is Cc1cccc(-c2nc(C(=O)O)nn2-c2ccc(Br)cc2)c1. The largest absolute Gasteiger partial charge is 0.475 e. The highest BCUT2D eigenvalue weighted by Crippen LogP contribution is 2.23. The highest BCUT2D eigenvalue weighted by atomic mass is 79.9. The van der Waals surface area contributed by atoms with Crippen LogP contribution in [0, 0.1) is 6.92 Å². The molecule has 1 heterocycles. The van der Waals surface area contributed by atoms with Gasteiger partial charge in [0.1, 0.15) is 0 Å². The number of hydrogen-bond acceptors (Lipinski definition) is 3. The lowest BCUT2D eigenvalue weighted by atomic mass is 10.1. The van der Waals surface area contributed by atoms with E-state index in [9.17, 15) is 4.79 Å². The van der Waals surface area contributed by atoms with Gasteiger partial charge in [-0.3, -0.25) is 0 Å². The highest BCUT2D eigenvalue weighted by molar-refractivity contribution is 9.10. The zero-order valence-electron chi connectivity index (χ0n) is 11.7. The molecule has 0 bridgehead atoms. The van der Waals surface area contributed by atoms with E-state index in [1.54, 1.807) is 4.68 Å². The number of rotatable bonds is 3.